The summed E-state index contributed by atoms with van der Waals surface area (Å²) in [7, 11) is 0. The Balaban J connectivity index is 1.63. The minimum Gasteiger partial charge on any atom is -0.345 e. The highest BCUT2D eigenvalue weighted by molar-refractivity contribution is 7.80. The number of amides is 2. The van der Waals surface area contributed by atoms with Crippen molar-refractivity contribution >= 4 is 29.1 Å². The van der Waals surface area contributed by atoms with Crippen LogP contribution in [0.4, 0.5) is 0 Å². The number of hydrogen-bond acceptors (Lipinski definition) is 3. The highest BCUT2D eigenvalue weighted by Gasteiger charge is 2.21. The first-order valence-corrected chi connectivity index (χ1v) is 6.65. The van der Waals surface area contributed by atoms with Crippen molar-refractivity contribution in [3.63, 3.8) is 0 Å². The van der Waals surface area contributed by atoms with Crippen molar-refractivity contribution in [2.75, 3.05) is 26.4 Å². The lowest BCUT2D eigenvalue weighted by atomic mass is 10.4. The third-order valence-electron chi connectivity index (χ3n) is 3.20. The van der Waals surface area contributed by atoms with E-state index in [0.717, 1.165) is 25.9 Å². The first-order valence-electron chi connectivity index (χ1n) is 6.24. The van der Waals surface area contributed by atoms with Crippen LogP contribution in [0.15, 0.2) is 0 Å². The Bertz CT molecular complexity index is 329. The average Bonchev–Trinajstić information content (AvgIpc) is 2.93. The maximum atomic E-state index is 11.4. The van der Waals surface area contributed by atoms with Crippen LogP contribution >= 0.6 is 12.2 Å². The van der Waals surface area contributed by atoms with E-state index in [1.807, 2.05) is 0 Å². The normalized spacial score (nSPS) is 19.6. The van der Waals surface area contributed by atoms with E-state index in [9.17, 15) is 9.59 Å². The molecule has 0 aromatic carbocycles. The van der Waals surface area contributed by atoms with E-state index in [4.69, 9.17) is 12.2 Å². The van der Waals surface area contributed by atoms with E-state index in [1.165, 1.54) is 0 Å². The van der Waals surface area contributed by atoms with Gasteiger partial charge in [0.2, 0.25) is 11.8 Å². The van der Waals surface area contributed by atoms with Crippen molar-refractivity contribution in [3.8, 4) is 0 Å². The summed E-state index contributed by atoms with van der Waals surface area (Å²) in [6.45, 7) is 2.47. The fraction of sp³-hybridized carbons (Fsp3) is 0.727. The number of likely N-dealkylation sites (tertiary alicyclic amines) is 2. The van der Waals surface area contributed by atoms with Gasteiger partial charge in [0, 0.05) is 25.9 Å². The number of nitrogens with zero attached hydrogens (tertiary/aromatic N) is 2. The summed E-state index contributed by atoms with van der Waals surface area (Å²) in [5.74, 6) is 0.333. The minimum absolute atomic E-state index is 0.167. The molecule has 18 heavy (non-hydrogen) atoms. The van der Waals surface area contributed by atoms with Crippen molar-refractivity contribution in [1.82, 2.24) is 20.4 Å². The molecule has 7 heteroatoms. The molecule has 2 aliphatic heterocycles. The number of carbonyl (C=O) groups is 2. The topological polar surface area (TPSA) is 64.7 Å². The molecule has 0 unspecified atom stereocenters. The van der Waals surface area contributed by atoms with Gasteiger partial charge in [-0.25, -0.2) is 0 Å². The number of rotatable bonds is 4. The standard InChI is InChI=1S/C11H18N4O2S/c16-9-3-1-5-14(9)7-12-11(18)13-8-15-6-2-4-10(15)17/h1-8H2,(H2,12,13,18). The van der Waals surface area contributed by atoms with Gasteiger partial charge in [0.1, 0.15) is 0 Å². The molecular formula is C11H18N4O2S. The summed E-state index contributed by atoms with van der Waals surface area (Å²) in [6.07, 6.45) is 3.10. The lowest BCUT2D eigenvalue weighted by Gasteiger charge is -2.20. The molecule has 0 aromatic heterocycles. The van der Waals surface area contributed by atoms with Crippen LogP contribution in [-0.2, 0) is 9.59 Å². The van der Waals surface area contributed by atoms with Crippen LogP contribution in [0.1, 0.15) is 25.7 Å². The zero-order valence-corrected chi connectivity index (χ0v) is 11.1. The summed E-state index contributed by atoms with van der Waals surface area (Å²) in [6, 6.07) is 0. The van der Waals surface area contributed by atoms with E-state index >= 15 is 0 Å². The maximum Gasteiger partial charge on any atom is 0.224 e. The van der Waals surface area contributed by atoms with E-state index < -0.39 is 0 Å². The zero-order chi connectivity index (χ0) is 13.0. The summed E-state index contributed by atoms with van der Waals surface area (Å²) < 4.78 is 0. The Morgan fingerprint density at radius 1 is 1.00 bits per heavy atom. The minimum atomic E-state index is 0.167. The molecule has 2 aliphatic rings. The Morgan fingerprint density at radius 2 is 1.44 bits per heavy atom. The Kier molecular flexibility index (Phi) is 4.35. The van der Waals surface area contributed by atoms with Crippen LogP contribution in [0.25, 0.3) is 0 Å². The summed E-state index contributed by atoms with van der Waals surface area (Å²) in [5.41, 5.74) is 0. The van der Waals surface area contributed by atoms with Crippen molar-refractivity contribution in [1.29, 1.82) is 0 Å². The molecule has 2 amide bonds. The largest absolute Gasteiger partial charge is 0.345 e. The van der Waals surface area contributed by atoms with Crippen LogP contribution < -0.4 is 10.6 Å². The summed E-state index contributed by atoms with van der Waals surface area (Å²) >= 11 is 5.10. The third kappa shape index (κ3) is 3.32. The summed E-state index contributed by atoms with van der Waals surface area (Å²) in [5, 5.41) is 6.44. The molecule has 2 rings (SSSR count). The smallest absolute Gasteiger partial charge is 0.224 e. The molecular weight excluding hydrogens is 252 g/mol. The van der Waals surface area contributed by atoms with Crippen molar-refractivity contribution in [2.24, 2.45) is 0 Å². The first kappa shape index (κ1) is 13.1. The van der Waals surface area contributed by atoms with Gasteiger partial charge in [-0.1, -0.05) is 0 Å². The SMILES string of the molecule is O=C1CCCN1CNC(=S)NCN1CCCC1=O. The Hall–Kier alpha value is -1.37. The molecule has 100 valence electrons. The summed E-state index contributed by atoms with van der Waals surface area (Å²) in [4.78, 5) is 26.2. The van der Waals surface area contributed by atoms with E-state index in [2.05, 4.69) is 10.6 Å². The number of hydrogen-bond donors (Lipinski definition) is 2. The van der Waals surface area contributed by atoms with Gasteiger partial charge in [-0.05, 0) is 25.1 Å². The molecule has 2 saturated heterocycles. The lowest BCUT2D eigenvalue weighted by Crippen LogP contribution is -2.46. The number of carbonyl (C=O) groups excluding carboxylic acids is 2. The van der Waals surface area contributed by atoms with Crippen LogP contribution in [0.3, 0.4) is 0 Å². The monoisotopic (exact) mass is 270 g/mol. The molecule has 0 aliphatic carbocycles. The second-order valence-electron chi connectivity index (χ2n) is 4.52. The van der Waals surface area contributed by atoms with Crippen molar-refractivity contribution < 1.29 is 9.59 Å². The highest BCUT2D eigenvalue weighted by Crippen LogP contribution is 2.08. The fourth-order valence-electron chi connectivity index (χ4n) is 2.14. The first-order chi connectivity index (χ1) is 8.66. The molecule has 0 saturated carbocycles. The van der Waals surface area contributed by atoms with E-state index in [-0.39, 0.29) is 11.8 Å². The molecule has 2 fully saturated rings. The van der Waals surface area contributed by atoms with Gasteiger partial charge in [0.15, 0.2) is 5.11 Å². The van der Waals surface area contributed by atoms with Gasteiger partial charge in [-0.15, -0.1) is 0 Å². The average molecular weight is 270 g/mol. The predicted molar refractivity (Wildman–Crippen MR) is 70.5 cm³/mol. The van der Waals surface area contributed by atoms with Gasteiger partial charge in [0.25, 0.3) is 0 Å². The Labute approximate surface area is 112 Å². The van der Waals surface area contributed by atoms with Gasteiger partial charge in [-0.3, -0.25) is 9.59 Å². The molecule has 0 aromatic rings. The number of thiocarbonyl (C=S) groups is 1. The zero-order valence-electron chi connectivity index (χ0n) is 10.3. The van der Waals surface area contributed by atoms with E-state index in [1.54, 1.807) is 9.80 Å². The molecule has 0 radical (unpaired) electrons. The van der Waals surface area contributed by atoms with Gasteiger partial charge < -0.3 is 20.4 Å². The van der Waals surface area contributed by atoms with E-state index in [0.29, 0.717) is 31.3 Å². The molecule has 2 heterocycles. The van der Waals surface area contributed by atoms with Crippen LogP contribution in [0.5, 0.6) is 0 Å². The van der Waals surface area contributed by atoms with Crippen molar-refractivity contribution in [2.45, 2.75) is 25.7 Å². The van der Waals surface area contributed by atoms with Crippen LogP contribution in [-0.4, -0.2) is 53.2 Å². The highest BCUT2D eigenvalue weighted by atomic mass is 32.1. The second kappa shape index (κ2) is 5.99. The number of nitrogens with one attached hydrogen (secondary N) is 2. The molecule has 2 N–H and O–H groups in total. The predicted octanol–water partition coefficient (Wildman–Crippen LogP) is -0.390. The van der Waals surface area contributed by atoms with Gasteiger partial charge in [-0.2, -0.15) is 0 Å². The van der Waals surface area contributed by atoms with Gasteiger partial charge >= 0.3 is 0 Å². The third-order valence-corrected chi connectivity index (χ3v) is 3.49. The second-order valence-corrected chi connectivity index (χ2v) is 4.93. The molecule has 0 bridgehead atoms. The fourth-order valence-corrected chi connectivity index (χ4v) is 2.27. The van der Waals surface area contributed by atoms with Crippen LogP contribution in [0, 0.1) is 0 Å². The van der Waals surface area contributed by atoms with Crippen molar-refractivity contribution in [3.05, 3.63) is 0 Å². The molecule has 6 nitrogen and oxygen atoms in total. The Morgan fingerprint density at radius 3 is 1.78 bits per heavy atom. The lowest BCUT2D eigenvalue weighted by molar-refractivity contribution is -0.128. The molecule has 0 atom stereocenters. The van der Waals surface area contributed by atoms with Gasteiger partial charge in [0.05, 0.1) is 13.3 Å². The molecule has 0 spiro atoms. The van der Waals surface area contributed by atoms with Crippen LogP contribution in [0.2, 0.25) is 0 Å². The maximum absolute atomic E-state index is 11.4. The quantitative estimate of drug-likeness (QED) is 0.681.